The molecule has 0 aromatic heterocycles. The number of rotatable bonds is 4. The summed E-state index contributed by atoms with van der Waals surface area (Å²) in [6, 6.07) is 0. The maximum Gasteiger partial charge on any atom is 0.333 e. The molecule has 26 heavy (non-hydrogen) atoms. The van der Waals surface area contributed by atoms with Crippen molar-refractivity contribution in [1.29, 1.82) is 0 Å². The zero-order chi connectivity index (χ0) is 18.9. The van der Waals surface area contributed by atoms with E-state index in [-0.39, 0.29) is 35.3 Å². The van der Waals surface area contributed by atoms with E-state index in [0.29, 0.717) is 31.1 Å². The van der Waals surface area contributed by atoms with Gasteiger partial charge in [0.1, 0.15) is 0 Å². The lowest BCUT2D eigenvalue weighted by atomic mass is 9.72. The lowest BCUT2D eigenvalue weighted by molar-refractivity contribution is -0.160. The number of ether oxygens (including phenoxy) is 3. The number of epoxide rings is 1. The summed E-state index contributed by atoms with van der Waals surface area (Å²) in [5.41, 5.74) is 1.74. The number of carbonyl (C=O) groups excluding carboxylic acids is 2. The van der Waals surface area contributed by atoms with E-state index >= 15 is 0 Å². The van der Waals surface area contributed by atoms with Crippen molar-refractivity contribution in [1.82, 2.24) is 0 Å². The highest BCUT2D eigenvalue weighted by Crippen LogP contribution is 2.49. The molecule has 5 nitrogen and oxygen atoms in total. The standard InChI is InChI=1S/C21H30O5/c1-13-8-9-18-21(3,26-18)11-10-15-16(20(23)25-12-17(13)15)7-5-6-14(2)19(22)24-4/h6,15-18H,1,5,7-12H2,2-4H3/b14-6+/t15-,16+,17+,18+,21+/m1/s1. The average Bonchev–Trinajstić information content (AvgIpc) is 3.27. The largest absolute Gasteiger partial charge is 0.466 e. The van der Waals surface area contributed by atoms with Crippen molar-refractivity contribution < 1.29 is 23.8 Å². The third kappa shape index (κ3) is 3.88. The first-order valence-corrected chi connectivity index (χ1v) is 9.63. The average molecular weight is 362 g/mol. The Morgan fingerprint density at radius 1 is 1.42 bits per heavy atom. The second-order valence-corrected chi connectivity index (χ2v) is 8.12. The van der Waals surface area contributed by atoms with Gasteiger partial charge in [-0.05, 0) is 58.3 Å². The van der Waals surface area contributed by atoms with Crippen LogP contribution in [-0.2, 0) is 23.8 Å². The van der Waals surface area contributed by atoms with Gasteiger partial charge in [-0.15, -0.1) is 0 Å². The number of carbonyl (C=O) groups is 2. The van der Waals surface area contributed by atoms with Gasteiger partial charge in [-0.3, -0.25) is 4.79 Å². The zero-order valence-corrected chi connectivity index (χ0v) is 16.1. The maximum atomic E-state index is 12.5. The Kier molecular flexibility index (Phi) is 5.56. The Hall–Kier alpha value is -1.62. The van der Waals surface area contributed by atoms with Crippen LogP contribution in [0.4, 0.5) is 0 Å². The minimum Gasteiger partial charge on any atom is -0.466 e. The number of hydrogen-bond acceptors (Lipinski definition) is 5. The lowest BCUT2D eigenvalue weighted by Gasteiger charge is -2.38. The first-order chi connectivity index (χ1) is 12.4. The van der Waals surface area contributed by atoms with Crippen LogP contribution in [0.5, 0.6) is 0 Å². The molecule has 3 fully saturated rings. The molecule has 5 heteroatoms. The van der Waals surface area contributed by atoms with Gasteiger partial charge in [0.05, 0.1) is 31.3 Å². The molecule has 2 aliphatic heterocycles. The van der Waals surface area contributed by atoms with Gasteiger partial charge in [0, 0.05) is 11.5 Å². The molecule has 1 aliphatic carbocycles. The van der Waals surface area contributed by atoms with Crippen molar-refractivity contribution in [2.24, 2.45) is 17.8 Å². The molecule has 2 saturated heterocycles. The van der Waals surface area contributed by atoms with Gasteiger partial charge in [-0.25, -0.2) is 4.79 Å². The van der Waals surface area contributed by atoms with Crippen LogP contribution in [0.3, 0.4) is 0 Å². The van der Waals surface area contributed by atoms with Gasteiger partial charge in [0.25, 0.3) is 0 Å². The zero-order valence-electron chi connectivity index (χ0n) is 16.1. The monoisotopic (exact) mass is 362 g/mol. The second-order valence-electron chi connectivity index (χ2n) is 8.12. The first-order valence-electron chi connectivity index (χ1n) is 9.63. The molecule has 0 amide bonds. The molecule has 0 spiro atoms. The molecule has 3 rings (SSSR count). The first kappa shape index (κ1) is 19.2. The van der Waals surface area contributed by atoms with Crippen LogP contribution in [0.2, 0.25) is 0 Å². The van der Waals surface area contributed by atoms with Gasteiger partial charge in [0.15, 0.2) is 0 Å². The maximum absolute atomic E-state index is 12.5. The fourth-order valence-corrected chi connectivity index (χ4v) is 4.57. The predicted octanol–water partition coefficient (Wildman–Crippen LogP) is 3.58. The van der Waals surface area contributed by atoms with Crippen LogP contribution in [0, 0.1) is 17.8 Å². The van der Waals surface area contributed by atoms with Crippen LogP contribution in [0.25, 0.3) is 0 Å². The van der Waals surface area contributed by atoms with Crippen molar-refractivity contribution in [3.05, 3.63) is 23.8 Å². The van der Waals surface area contributed by atoms with Crippen LogP contribution in [0.15, 0.2) is 23.8 Å². The fraction of sp³-hybridized carbons (Fsp3) is 0.714. The van der Waals surface area contributed by atoms with Crippen molar-refractivity contribution in [2.45, 2.75) is 64.1 Å². The summed E-state index contributed by atoms with van der Waals surface area (Å²) in [5.74, 6) is -0.0958. The molecule has 144 valence electrons. The number of cyclic esters (lactones) is 1. The summed E-state index contributed by atoms with van der Waals surface area (Å²) >= 11 is 0. The third-order valence-electron chi connectivity index (χ3n) is 6.44. The van der Waals surface area contributed by atoms with Crippen molar-refractivity contribution >= 4 is 11.9 Å². The van der Waals surface area contributed by atoms with E-state index in [0.717, 1.165) is 25.7 Å². The van der Waals surface area contributed by atoms with E-state index in [2.05, 4.69) is 13.5 Å². The molecule has 0 bridgehead atoms. The minimum absolute atomic E-state index is 0.0254. The van der Waals surface area contributed by atoms with Gasteiger partial charge in [0.2, 0.25) is 0 Å². The number of hydrogen-bond donors (Lipinski definition) is 0. The van der Waals surface area contributed by atoms with Crippen molar-refractivity contribution in [3.8, 4) is 0 Å². The fourth-order valence-electron chi connectivity index (χ4n) is 4.57. The minimum atomic E-state index is -0.324. The molecular formula is C21H30O5. The number of methoxy groups -OCH3 is 1. The van der Waals surface area contributed by atoms with Gasteiger partial charge < -0.3 is 14.2 Å². The van der Waals surface area contributed by atoms with E-state index in [9.17, 15) is 9.59 Å². The summed E-state index contributed by atoms with van der Waals surface area (Å²) in [5, 5.41) is 0. The number of fused-ring (bicyclic) bond motifs is 2. The highest BCUT2D eigenvalue weighted by Gasteiger charge is 2.53. The van der Waals surface area contributed by atoms with Crippen molar-refractivity contribution in [3.63, 3.8) is 0 Å². The SMILES string of the molecule is C=C1CC[C@@H]2O[C@@]2(C)CC[C@@H]2[C@H](CC/C=C(\C)C(=O)OC)C(=O)OC[C@@H]12. The van der Waals surface area contributed by atoms with E-state index in [1.54, 1.807) is 6.92 Å². The molecular weight excluding hydrogens is 332 g/mol. The molecule has 2 heterocycles. The highest BCUT2D eigenvalue weighted by molar-refractivity contribution is 5.87. The Bertz CT molecular complexity index is 622. The normalized spacial score (nSPS) is 37.4. The molecule has 0 aromatic carbocycles. The summed E-state index contributed by atoms with van der Waals surface area (Å²) in [6.07, 6.45) is 7.41. The van der Waals surface area contributed by atoms with Crippen LogP contribution in [-0.4, -0.2) is 37.4 Å². The molecule has 0 N–H and O–H groups in total. The molecule has 3 aliphatic rings. The van der Waals surface area contributed by atoms with E-state index in [1.807, 2.05) is 6.08 Å². The number of allylic oxidation sites excluding steroid dienone is 1. The van der Waals surface area contributed by atoms with Gasteiger partial charge in [-0.2, -0.15) is 0 Å². The van der Waals surface area contributed by atoms with Crippen LogP contribution >= 0.6 is 0 Å². The van der Waals surface area contributed by atoms with Crippen LogP contribution in [0.1, 0.15) is 52.4 Å². The van der Waals surface area contributed by atoms with Gasteiger partial charge in [-0.1, -0.05) is 18.2 Å². The Balaban J connectivity index is 1.71. The summed E-state index contributed by atoms with van der Waals surface area (Å²) in [4.78, 5) is 24.0. The molecule has 0 unspecified atom stereocenters. The number of esters is 2. The molecule has 5 atom stereocenters. The van der Waals surface area contributed by atoms with E-state index < -0.39 is 0 Å². The summed E-state index contributed by atoms with van der Waals surface area (Å²) < 4.78 is 16.1. The Morgan fingerprint density at radius 3 is 2.92 bits per heavy atom. The smallest absolute Gasteiger partial charge is 0.333 e. The van der Waals surface area contributed by atoms with E-state index in [4.69, 9.17) is 14.2 Å². The molecule has 1 saturated carbocycles. The highest BCUT2D eigenvalue weighted by atomic mass is 16.6. The topological polar surface area (TPSA) is 65.1 Å². The van der Waals surface area contributed by atoms with Gasteiger partial charge >= 0.3 is 11.9 Å². The summed E-state index contributed by atoms with van der Waals surface area (Å²) in [6.45, 7) is 8.67. The quantitative estimate of drug-likeness (QED) is 0.331. The Morgan fingerprint density at radius 2 is 2.19 bits per heavy atom. The predicted molar refractivity (Wildman–Crippen MR) is 97.3 cm³/mol. The molecule has 0 aromatic rings. The summed E-state index contributed by atoms with van der Waals surface area (Å²) in [7, 11) is 1.37. The van der Waals surface area contributed by atoms with E-state index in [1.165, 1.54) is 12.7 Å². The third-order valence-corrected chi connectivity index (χ3v) is 6.44. The molecule has 0 radical (unpaired) electrons. The lowest BCUT2D eigenvalue weighted by Crippen LogP contribution is -2.40. The van der Waals surface area contributed by atoms with Crippen molar-refractivity contribution in [2.75, 3.05) is 13.7 Å². The second kappa shape index (κ2) is 7.55. The Labute approximate surface area is 155 Å². The van der Waals surface area contributed by atoms with Crippen LogP contribution < -0.4 is 0 Å².